The van der Waals surface area contributed by atoms with Crippen LogP contribution in [-0.4, -0.2) is 48.1 Å². The van der Waals surface area contributed by atoms with E-state index in [9.17, 15) is 0 Å². The summed E-state index contributed by atoms with van der Waals surface area (Å²) in [6.45, 7) is 7.41. The number of nitrogens with one attached hydrogen (secondary N) is 1. The van der Waals surface area contributed by atoms with Crippen molar-refractivity contribution in [2.24, 2.45) is 0 Å². The van der Waals surface area contributed by atoms with Crippen LogP contribution in [0.4, 0.5) is 5.82 Å². The van der Waals surface area contributed by atoms with Gasteiger partial charge < -0.3 is 14.8 Å². The summed E-state index contributed by atoms with van der Waals surface area (Å²) in [4.78, 5) is 4.70. The van der Waals surface area contributed by atoms with E-state index in [-0.39, 0.29) is 0 Å². The van der Waals surface area contributed by atoms with E-state index in [4.69, 9.17) is 19.6 Å². The molecule has 1 aliphatic rings. The number of ether oxygens (including phenoxy) is 2. The Morgan fingerprint density at radius 3 is 2.87 bits per heavy atom. The summed E-state index contributed by atoms with van der Waals surface area (Å²) in [6, 6.07) is 2.13. The maximum atomic E-state index is 5.46. The molecule has 1 saturated heterocycles. The molecular weight excluding hydrogens is 292 g/mol. The third-order valence-electron chi connectivity index (χ3n) is 4.56. The molecule has 1 aliphatic heterocycles. The SMILES string of the molecule is COCCCNc1c(C)c(C)nc2cc(C3CCOCC3)nn12. The van der Waals surface area contributed by atoms with Crippen molar-refractivity contribution < 1.29 is 9.47 Å². The average molecular weight is 318 g/mol. The fraction of sp³-hybridized carbons (Fsp3) is 0.647. The van der Waals surface area contributed by atoms with Crippen molar-refractivity contribution in [1.29, 1.82) is 0 Å². The van der Waals surface area contributed by atoms with Gasteiger partial charge in [-0.3, -0.25) is 0 Å². The Morgan fingerprint density at radius 1 is 1.35 bits per heavy atom. The van der Waals surface area contributed by atoms with Gasteiger partial charge in [0.1, 0.15) is 5.82 Å². The van der Waals surface area contributed by atoms with E-state index in [1.165, 1.54) is 0 Å². The maximum Gasteiger partial charge on any atom is 0.157 e. The molecule has 2 aromatic heterocycles. The third-order valence-corrected chi connectivity index (χ3v) is 4.56. The highest BCUT2D eigenvalue weighted by atomic mass is 16.5. The quantitative estimate of drug-likeness (QED) is 0.830. The van der Waals surface area contributed by atoms with E-state index >= 15 is 0 Å². The van der Waals surface area contributed by atoms with Crippen molar-refractivity contribution in [1.82, 2.24) is 14.6 Å². The second-order valence-corrected chi connectivity index (χ2v) is 6.17. The lowest BCUT2D eigenvalue weighted by Gasteiger charge is -2.19. The lowest BCUT2D eigenvalue weighted by molar-refractivity contribution is 0.0844. The second kappa shape index (κ2) is 7.27. The molecule has 0 amide bonds. The van der Waals surface area contributed by atoms with Gasteiger partial charge in [-0.05, 0) is 33.1 Å². The first-order chi connectivity index (χ1) is 11.2. The molecule has 1 N–H and O–H groups in total. The van der Waals surface area contributed by atoms with Gasteiger partial charge in [-0.25, -0.2) is 4.98 Å². The molecule has 126 valence electrons. The highest BCUT2D eigenvalue weighted by Gasteiger charge is 2.20. The van der Waals surface area contributed by atoms with Crippen LogP contribution in [0.15, 0.2) is 6.07 Å². The lowest BCUT2D eigenvalue weighted by atomic mass is 9.97. The molecule has 1 fully saturated rings. The summed E-state index contributed by atoms with van der Waals surface area (Å²) in [5, 5.41) is 8.35. The first-order valence-corrected chi connectivity index (χ1v) is 8.38. The first kappa shape index (κ1) is 16.2. The molecule has 23 heavy (non-hydrogen) atoms. The highest BCUT2D eigenvalue weighted by Crippen LogP contribution is 2.28. The van der Waals surface area contributed by atoms with Crippen LogP contribution >= 0.6 is 0 Å². The summed E-state index contributed by atoms with van der Waals surface area (Å²) < 4.78 is 12.5. The van der Waals surface area contributed by atoms with Gasteiger partial charge in [0, 0.05) is 56.7 Å². The normalized spacial score (nSPS) is 16.1. The molecule has 0 spiro atoms. The van der Waals surface area contributed by atoms with Gasteiger partial charge in [-0.1, -0.05) is 0 Å². The Labute approximate surface area is 137 Å². The van der Waals surface area contributed by atoms with E-state index in [0.29, 0.717) is 5.92 Å². The first-order valence-electron chi connectivity index (χ1n) is 8.38. The van der Waals surface area contributed by atoms with Crippen LogP contribution in [0.25, 0.3) is 5.65 Å². The number of fused-ring (bicyclic) bond motifs is 1. The number of nitrogens with zero attached hydrogens (tertiary/aromatic N) is 3. The number of rotatable bonds is 6. The molecule has 0 atom stereocenters. The Kier molecular flexibility index (Phi) is 5.13. The molecule has 0 bridgehead atoms. The van der Waals surface area contributed by atoms with Crippen LogP contribution < -0.4 is 5.32 Å². The van der Waals surface area contributed by atoms with Crippen LogP contribution in [0.3, 0.4) is 0 Å². The topological polar surface area (TPSA) is 60.7 Å². The van der Waals surface area contributed by atoms with Crippen molar-refractivity contribution >= 4 is 11.5 Å². The minimum atomic E-state index is 0.479. The number of hydrogen-bond acceptors (Lipinski definition) is 5. The van der Waals surface area contributed by atoms with Gasteiger partial charge in [0.15, 0.2) is 5.65 Å². The zero-order valence-electron chi connectivity index (χ0n) is 14.3. The lowest BCUT2D eigenvalue weighted by Crippen LogP contribution is -2.15. The molecule has 6 nitrogen and oxygen atoms in total. The molecule has 2 aromatic rings. The number of hydrogen-bond donors (Lipinski definition) is 1. The molecule has 0 saturated carbocycles. The standard InChI is InChI=1S/C17H26N4O2/c1-12-13(2)19-16-11-15(14-5-9-23-10-6-14)20-21(16)17(12)18-7-4-8-22-3/h11,14,18H,4-10H2,1-3H3. The largest absolute Gasteiger partial charge is 0.385 e. The number of anilines is 1. The molecular formula is C17H26N4O2. The van der Waals surface area contributed by atoms with Crippen LogP contribution in [0, 0.1) is 13.8 Å². The fourth-order valence-electron chi connectivity index (χ4n) is 3.04. The van der Waals surface area contributed by atoms with E-state index in [1.54, 1.807) is 7.11 Å². The predicted octanol–water partition coefficient (Wildman–Crippen LogP) is 2.69. The summed E-state index contributed by atoms with van der Waals surface area (Å²) in [5.74, 6) is 1.52. The summed E-state index contributed by atoms with van der Waals surface area (Å²) in [6.07, 6.45) is 3.05. The molecule has 0 unspecified atom stereocenters. The van der Waals surface area contributed by atoms with E-state index < -0.39 is 0 Å². The summed E-state index contributed by atoms with van der Waals surface area (Å²) >= 11 is 0. The Bertz CT molecular complexity index is 662. The molecule has 3 heterocycles. The fourth-order valence-corrected chi connectivity index (χ4v) is 3.04. The molecule has 3 rings (SSSR count). The Hall–Kier alpha value is -1.66. The predicted molar refractivity (Wildman–Crippen MR) is 90.2 cm³/mol. The zero-order chi connectivity index (χ0) is 16.2. The van der Waals surface area contributed by atoms with Gasteiger partial charge in [0.2, 0.25) is 0 Å². The maximum absolute atomic E-state index is 5.46. The van der Waals surface area contributed by atoms with Crippen molar-refractivity contribution in [3.8, 4) is 0 Å². The summed E-state index contributed by atoms with van der Waals surface area (Å²) in [5.41, 5.74) is 4.25. The Morgan fingerprint density at radius 2 is 2.13 bits per heavy atom. The highest BCUT2D eigenvalue weighted by molar-refractivity contribution is 5.55. The minimum Gasteiger partial charge on any atom is -0.385 e. The van der Waals surface area contributed by atoms with E-state index in [1.807, 2.05) is 4.52 Å². The Balaban J connectivity index is 1.89. The van der Waals surface area contributed by atoms with Crippen LogP contribution in [0.1, 0.15) is 42.1 Å². The van der Waals surface area contributed by atoms with Crippen LogP contribution in [0.5, 0.6) is 0 Å². The van der Waals surface area contributed by atoms with Crippen molar-refractivity contribution in [2.45, 2.75) is 39.0 Å². The smallest absolute Gasteiger partial charge is 0.157 e. The van der Waals surface area contributed by atoms with Crippen LogP contribution in [0.2, 0.25) is 0 Å². The number of aromatic nitrogens is 3. The van der Waals surface area contributed by atoms with Gasteiger partial charge in [-0.15, -0.1) is 0 Å². The third kappa shape index (κ3) is 3.48. The summed E-state index contributed by atoms with van der Waals surface area (Å²) in [7, 11) is 1.73. The minimum absolute atomic E-state index is 0.479. The number of aryl methyl sites for hydroxylation is 1. The molecule has 0 aromatic carbocycles. The van der Waals surface area contributed by atoms with Gasteiger partial charge in [0.05, 0.1) is 5.69 Å². The van der Waals surface area contributed by atoms with Gasteiger partial charge in [0.25, 0.3) is 0 Å². The van der Waals surface area contributed by atoms with Crippen molar-refractivity contribution in [3.63, 3.8) is 0 Å². The molecule has 6 heteroatoms. The van der Waals surface area contributed by atoms with Crippen molar-refractivity contribution in [2.75, 3.05) is 38.8 Å². The van der Waals surface area contributed by atoms with E-state index in [2.05, 4.69) is 25.2 Å². The molecule has 0 aliphatic carbocycles. The average Bonchev–Trinajstić information content (AvgIpc) is 2.99. The monoisotopic (exact) mass is 318 g/mol. The van der Waals surface area contributed by atoms with E-state index in [0.717, 1.165) is 74.0 Å². The van der Waals surface area contributed by atoms with Crippen molar-refractivity contribution in [3.05, 3.63) is 23.0 Å². The second-order valence-electron chi connectivity index (χ2n) is 6.17. The number of methoxy groups -OCH3 is 1. The molecule has 0 radical (unpaired) electrons. The van der Waals surface area contributed by atoms with Gasteiger partial charge in [-0.2, -0.15) is 9.61 Å². The van der Waals surface area contributed by atoms with Crippen LogP contribution in [-0.2, 0) is 9.47 Å². The van der Waals surface area contributed by atoms with Gasteiger partial charge >= 0.3 is 0 Å². The zero-order valence-corrected chi connectivity index (χ0v) is 14.3.